The highest BCUT2D eigenvalue weighted by atomic mass is 14.9. The summed E-state index contributed by atoms with van der Waals surface area (Å²) in [6.45, 7) is 2.37. The van der Waals surface area contributed by atoms with Crippen molar-refractivity contribution < 1.29 is 0 Å². The third-order valence-corrected chi connectivity index (χ3v) is 13.2. The van der Waals surface area contributed by atoms with Crippen LogP contribution < -0.4 is 21.2 Å². The van der Waals surface area contributed by atoms with Gasteiger partial charge in [-0.05, 0) is 105 Å². The lowest BCUT2D eigenvalue weighted by Gasteiger charge is -2.27. The minimum absolute atomic E-state index is 0.155. The molecule has 1 unspecified atom stereocenters. The van der Waals surface area contributed by atoms with Crippen LogP contribution in [-0.4, -0.2) is 4.57 Å². The summed E-state index contributed by atoms with van der Waals surface area (Å²) in [6, 6.07) is 80.7. The quantitative estimate of drug-likeness (QED) is 0.144. The molecule has 0 aliphatic heterocycles. The summed E-state index contributed by atoms with van der Waals surface area (Å²) in [6.07, 6.45) is 5.87. The second-order valence-electron chi connectivity index (χ2n) is 17.4. The Kier molecular flexibility index (Phi) is 10.3. The Balaban J connectivity index is 0.850. The maximum absolute atomic E-state index is 3.77. The predicted octanol–water partition coefficient (Wildman–Crippen LogP) is 14.9. The van der Waals surface area contributed by atoms with Crippen LogP contribution in [0.2, 0.25) is 0 Å². The minimum Gasteiger partial charge on any atom is -0.355 e. The first-order chi connectivity index (χ1) is 32.0. The van der Waals surface area contributed by atoms with Crippen LogP contribution in [0.3, 0.4) is 0 Å². The number of benzene rings is 9. The van der Waals surface area contributed by atoms with E-state index in [1.807, 2.05) is 0 Å². The Morgan fingerprint density at radius 3 is 1.57 bits per heavy atom. The van der Waals surface area contributed by atoms with E-state index >= 15 is 0 Å². The number of hydrogen-bond donors (Lipinski definition) is 2. The summed E-state index contributed by atoms with van der Waals surface area (Å²) in [5, 5.41) is 11.4. The van der Waals surface area contributed by atoms with Crippen molar-refractivity contribution in [3.63, 3.8) is 0 Å². The summed E-state index contributed by atoms with van der Waals surface area (Å²) >= 11 is 0. The number of fused-ring (bicyclic) bond motifs is 3. The van der Waals surface area contributed by atoms with Gasteiger partial charge in [0, 0.05) is 67.8 Å². The highest BCUT2D eigenvalue weighted by molar-refractivity contribution is 5.90. The molecular formula is C62H49N3. The van der Waals surface area contributed by atoms with Crippen LogP contribution in [0.4, 0.5) is 22.7 Å². The molecule has 0 fully saturated rings. The SMILES string of the molecule is Cn1c2c(c3cc(-c4ccc(Nc5cc(-c6ccccc6)ccc5-c5ccccc5)cc4)ccc31)=CC(C)(c1ccc(Nc3ccccc3-c3ccc(-c4ccccc4)cc3)cc1)CC=2. The van der Waals surface area contributed by atoms with Crippen LogP contribution in [0.5, 0.6) is 0 Å². The first-order valence-electron chi connectivity index (χ1n) is 22.5. The van der Waals surface area contributed by atoms with Gasteiger partial charge >= 0.3 is 0 Å². The van der Waals surface area contributed by atoms with Crippen LogP contribution in [0.1, 0.15) is 18.9 Å². The molecule has 10 aromatic rings. The van der Waals surface area contributed by atoms with E-state index in [1.54, 1.807) is 0 Å². The molecule has 1 heterocycles. The average Bonchev–Trinajstić information content (AvgIpc) is 3.64. The second-order valence-corrected chi connectivity index (χ2v) is 17.4. The molecule has 9 aromatic carbocycles. The molecule has 1 aliphatic rings. The predicted molar refractivity (Wildman–Crippen MR) is 276 cm³/mol. The van der Waals surface area contributed by atoms with Crippen molar-refractivity contribution in [3.05, 3.63) is 241 Å². The Morgan fingerprint density at radius 2 is 0.877 bits per heavy atom. The maximum atomic E-state index is 3.77. The van der Waals surface area contributed by atoms with Gasteiger partial charge in [-0.25, -0.2) is 0 Å². The number of nitrogens with zero attached hydrogens (tertiary/aromatic N) is 1. The fourth-order valence-corrected chi connectivity index (χ4v) is 9.59. The van der Waals surface area contributed by atoms with Crippen molar-refractivity contribution in [3.8, 4) is 55.6 Å². The molecule has 65 heavy (non-hydrogen) atoms. The van der Waals surface area contributed by atoms with E-state index in [9.17, 15) is 0 Å². The molecule has 0 amide bonds. The van der Waals surface area contributed by atoms with Crippen LogP contribution >= 0.6 is 0 Å². The zero-order chi connectivity index (χ0) is 43.7. The van der Waals surface area contributed by atoms with Crippen LogP contribution in [0.25, 0.3) is 78.7 Å². The Labute approximate surface area is 381 Å². The van der Waals surface area contributed by atoms with Gasteiger partial charge in [0.1, 0.15) is 0 Å². The highest BCUT2D eigenvalue weighted by Gasteiger charge is 2.26. The summed E-state index contributed by atoms with van der Waals surface area (Å²) < 4.78 is 2.35. The van der Waals surface area contributed by atoms with E-state index in [-0.39, 0.29) is 5.41 Å². The number of para-hydroxylation sites is 1. The summed E-state index contributed by atoms with van der Waals surface area (Å²) in [5.41, 5.74) is 18.6. The van der Waals surface area contributed by atoms with Gasteiger partial charge in [0.05, 0.1) is 0 Å². The molecule has 1 atom stereocenters. The zero-order valence-electron chi connectivity index (χ0n) is 36.7. The van der Waals surface area contributed by atoms with Gasteiger partial charge in [0.15, 0.2) is 0 Å². The monoisotopic (exact) mass is 835 g/mol. The summed E-state index contributed by atoms with van der Waals surface area (Å²) in [5.74, 6) is 0. The first-order valence-corrected chi connectivity index (χ1v) is 22.5. The van der Waals surface area contributed by atoms with E-state index < -0.39 is 0 Å². The number of nitrogens with one attached hydrogen (secondary N) is 2. The molecule has 3 nitrogen and oxygen atoms in total. The lowest BCUT2D eigenvalue weighted by Crippen LogP contribution is -2.36. The van der Waals surface area contributed by atoms with Crippen LogP contribution in [-0.2, 0) is 12.5 Å². The minimum atomic E-state index is -0.155. The normalized spacial score (nSPS) is 14.2. The van der Waals surface area contributed by atoms with Crippen LogP contribution in [0.15, 0.2) is 224 Å². The van der Waals surface area contributed by atoms with E-state index in [0.29, 0.717) is 0 Å². The topological polar surface area (TPSA) is 29.0 Å². The van der Waals surface area contributed by atoms with E-state index in [1.165, 1.54) is 82.7 Å². The molecule has 312 valence electrons. The molecule has 11 rings (SSSR count). The maximum Gasteiger partial charge on any atom is 0.0488 e. The van der Waals surface area contributed by atoms with Crippen molar-refractivity contribution in [2.45, 2.75) is 18.8 Å². The molecule has 0 bridgehead atoms. The second kappa shape index (κ2) is 16.9. The van der Waals surface area contributed by atoms with Gasteiger partial charge in [-0.2, -0.15) is 0 Å². The molecule has 1 aromatic heterocycles. The van der Waals surface area contributed by atoms with Gasteiger partial charge in [-0.15, -0.1) is 0 Å². The number of anilines is 4. The van der Waals surface area contributed by atoms with Crippen molar-refractivity contribution in [2.75, 3.05) is 10.6 Å². The number of aromatic nitrogens is 1. The Morgan fingerprint density at radius 1 is 0.415 bits per heavy atom. The van der Waals surface area contributed by atoms with Gasteiger partial charge in [0.25, 0.3) is 0 Å². The van der Waals surface area contributed by atoms with E-state index in [2.05, 4.69) is 266 Å². The molecule has 3 heteroatoms. The molecule has 0 spiro atoms. The number of hydrogen-bond acceptors (Lipinski definition) is 2. The van der Waals surface area contributed by atoms with Gasteiger partial charge in [-0.3, -0.25) is 0 Å². The highest BCUT2D eigenvalue weighted by Crippen LogP contribution is 2.38. The van der Waals surface area contributed by atoms with E-state index in [0.717, 1.165) is 29.2 Å². The lowest BCUT2D eigenvalue weighted by atomic mass is 9.77. The standard InChI is InChI=1S/C62H49N3/c1-62(51-30-34-53(35-31-51)63-58-21-13-12-20-54(58)48-24-22-45(23-25-48)43-14-6-3-7-15-43)39-38-61-57(42-62)56-40-49(29-37-60(56)65(61)2)46-26-32-52(33-27-46)64-59-41-50(44-16-8-4-9-17-44)28-36-55(59)47-18-10-5-11-19-47/h3-38,40-42,63-64H,39H2,1-2H3. The van der Waals surface area contributed by atoms with Gasteiger partial charge < -0.3 is 15.2 Å². The zero-order valence-corrected chi connectivity index (χ0v) is 36.7. The number of aryl methyl sites for hydroxylation is 1. The summed E-state index contributed by atoms with van der Waals surface area (Å²) in [7, 11) is 2.20. The fraction of sp³-hybridized carbons (Fsp3) is 0.0645. The number of rotatable bonds is 10. The Hall–Kier alpha value is -8.14. The molecule has 0 saturated heterocycles. The van der Waals surface area contributed by atoms with Crippen molar-refractivity contribution >= 4 is 45.8 Å². The summed E-state index contributed by atoms with van der Waals surface area (Å²) in [4.78, 5) is 0. The van der Waals surface area contributed by atoms with Crippen molar-refractivity contribution in [2.24, 2.45) is 7.05 Å². The first kappa shape index (κ1) is 39.7. The molecule has 0 radical (unpaired) electrons. The van der Waals surface area contributed by atoms with Gasteiger partial charge in [-0.1, -0.05) is 195 Å². The third-order valence-electron chi connectivity index (χ3n) is 13.2. The largest absolute Gasteiger partial charge is 0.355 e. The third kappa shape index (κ3) is 7.83. The van der Waals surface area contributed by atoms with Gasteiger partial charge in [0.2, 0.25) is 0 Å². The van der Waals surface area contributed by atoms with E-state index in [4.69, 9.17) is 0 Å². The molecule has 1 aliphatic carbocycles. The van der Waals surface area contributed by atoms with Crippen LogP contribution in [0, 0.1) is 0 Å². The molecular weight excluding hydrogens is 787 g/mol. The van der Waals surface area contributed by atoms with Crippen molar-refractivity contribution in [1.82, 2.24) is 4.57 Å². The Bertz CT molecular complexity index is 3430. The fourth-order valence-electron chi connectivity index (χ4n) is 9.59. The van der Waals surface area contributed by atoms with Crippen molar-refractivity contribution in [1.29, 1.82) is 0 Å². The smallest absolute Gasteiger partial charge is 0.0488 e. The lowest BCUT2D eigenvalue weighted by molar-refractivity contribution is 0.650. The molecule has 0 saturated carbocycles. The average molecular weight is 836 g/mol. The molecule has 2 N–H and O–H groups in total.